The summed E-state index contributed by atoms with van der Waals surface area (Å²) in [5.41, 5.74) is 8.05. The van der Waals surface area contributed by atoms with Crippen molar-refractivity contribution < 1.29 is 4.74 Å². The monoisotopic (exact) mass is 341 g/mol. The predicted octanol–water partition coefficient (Wildman–Crippen LogP) is 2.70. The summed E-state index contributed by atoms with van der Waals surface area (Å²) in [6.45, 7) is 3.35. The molecule has 1 aromatic heterocycles. The molecule has 0 fully saturated rings. The fraction of sp³-hybridized carbons (Fsp3) is 0.357. The Morgan fingerprint density at radius 1 is 1.36 bits per heavy atom. The van der Waals surface area contributed by atoms with Gasteiger partial charge in [0.15, 0.2) is 5.96 Å². The van der Waals surface area contributed by atoms with Gasteiger partial charge in [-0.2, -0.15) is 0 Å². The van der Waals surface area contributed by atoms with Crippen molar-refractivity contribution in [1.29, 1.82) is 0 Å². The van der Waals surface area contributed by atoms with E-state index in [1.807, 2.05) is 18.2 Å². The number of benzene rings is 1. The summed E-state index contributed by atoms with van der Waals surface area (Å²) in [7, 11) is 1.67. The van der Waals surface area contributed by atoms with E-state index in [9.17, 15) is 0 Å². The van der Waals surface area contributed by atoms with Crippen molar-refractivity contribution >= 4 is 34.8 Å². The third kappa shape index (κ3) is 5.25. The first kappa shape index (κ1) is 18.3. The lowest BCUT2D eigenvalue weighted by atomic mass is 10.1. The lowest BCUT2D eigenvalue weighted by Gasteiger charge is -2.01. The second-order valence-corrected chi connectivity index (χ2v) is 5.44. The number of guanidine groups is 1. The highest BCUT2D eigenvalue weighted by molar-refractivity contribution is 7.18. The van der Waals surface area contributed by atoms with Crippen LogP contribution in [0.1, 0.15) is 12.0 Å². The SMILES string of the molecule is COCCCN=C(N)Nc1nnc(-c2ccccc2C)s1.Cl. The predicted molar refractivity (Wildman–Crippen MR) is 93.9 cm³/mol. The highest BCUT2D eigenvalue weighted by Gasteiger charge is 2.08. The van der Waals surface area contributed by atoms with Gasteiger partial charge in [-0.05, 0) is 18.9 Å². The molecule has 2 rings (SSSR count). The van der Waals surface area contributed by atoms with Gasteiger partial charge in [0, 0.05) is 25.8 Å². The first-order chi connectivity index (χ1) is 10.2. The molecule has 0 aliphatic heterocycles. The summed E-state index contributed by atoms with van der Waals surface area (Å²) in [5.74, 6) is 0.346. The third-order valence-corrected chi connectivity index (χ3v) is 3.70. The second kappa shape index (κ2) is 9.34. The average molecular weight is 342 g/mol. The maximum absolute atomic E-state index is 5.80. The van der Waals surface area contributed by atoms with E-state index in [0.717, 1.165) is 17.0 Å². The molecule has 0 saturated carbocycles. The Hall–Kier alpha value is -1.70. The van der Waals surface area contributed by atoms with Crippen LogP contribution in [0.15, 0.2) is 29.3 Å². The molecule has 22 heavy (non-hydrogen) atoms. The van der Waals surface area contributed by atoms with Crippen LogP contribution in [0.3, 0.4) is 0 Å². The Bertz CT molecular complexity index is 617. The molecule has 0 saturated heterocycles. The summed E-state index contributed by atoms with van der Waals surface area (Å²) in [6, 6.07) is 8.07. The molecular weight excluding hydrogens is 322 g/mol. The van der Waals surface area contributed by atoms with Gasteiger partial charge >= 0.3 is 0 Å². The third-order valence-electron chi connectivity index (χ3n) is 2.82. The van der Waals surface area contributed by atoms with Crippen LogP contribution in [0.25, 0.3) is 10.6 Å². The van der Waals surface area contributed by atoms with Crippen LogP contribution in [-0.2, 0) is 4.74 Å². The van der Waals surface area contributed by atoms with Crippen LogP contribution in [-0.4, -0.2) is 36.4 Å². The van der Waals surface area contributed by atoms with Crippen molar-refractivity contribution in [3.63, 3.8) is 0 Å². The molecule has 0 aliphatic rings. The number of aryl methyl sites for hydroxylation is 1. The zero-order valence-corrected chi connectivity index (χ0v) is 14.2. The average Bonchev–Trinajstić information content (AvgIpc) is 2.92. The van der Waals surface area contributed by atoms with Gasteiger partial charge in [-0.1, -0.05) is 35.6 Å². The van der Waals surface area contributed by atoms with Crippen LogP contribution in [0.5, 0.6) is 0 Å². The lowest BCUT2D eigenvalue weighted by molar-refractivity contribution is 0.197. The normalized spacial score (nSPS) is 11.1. The maximum Gasteiger partial charge on any atom is 0.212 e. The summed E-state index contributed by atoms with van der Waals surface area (Å²) >= 11 is 1.45. The van der Waals surface area contributed by atoms with Gasteiger partial charge in [0.05, 0.1) is 0 Å². The number of ether oxygens (including phenoxy) is 1. The fourth-order valence-electron chi connectivity index (χ4n) is 1.75. The van der Waals surface area contributed by atoms with E-state index < -0.39 is 0 Å². The number of hydrogen-bond acceptors (Lipinski definition) is 5. The fourth-order valence-corrected chi connectivity index (χ4v) is 2.59. The Kier molecular flexibility index (Phi) is 7.79. The van der Waals surface area contributed by atoms with Crippen LogP contribution in [0, 0.1) is 6.92 Å². The number of anilines is 1. The van der Waals surface area contributed by atoms with Gasteiger partial charge in [0.25, 0.3) is 0 Å². The van der Waals surface area contributed by atoms with Crippen molar-refractivity contribution in [3.05, 3.63) is 29.8 Å². The van der Waals surface area contributed by atoms with E-state index in [-0.39, 0.29) is 12.4 Å². The number of aliphatic imine (C=N–C) groups is 1. The Labute approximate surface area is 140 Å². The minimum atomic E-state index is 0. The highest BCUT2D eigenvalue weighted by Crippen LogP contribution is 2.28. The molecule has 8 heteroatoms. The van der Waals surface area contributed by atoms with Crippen molar-refractivity contribution in [2.24, 2.45) is 10.7 Å². The molecule has 0 atom stereocenters. The smallest absolute Gasteiger partial charge is 0.212 e. The first-order valence-corrected chi connectivity index (χ1v) is 7.47. The molecule has 3 N–H and O–H groups in total. The topological polar surface area (TPSA) is 85.4 Å². The number of rotatable bonds is 6. The number of nitrogens with zero attached hydrogens (tertiary/aromatic N) is 3. The lowest BCUT2D eigenvalue weighted by Crippen LogP contribution is -2.22. The van der Waals surface area contributed by atoms with Gasteiger partial charge in [0.1, 0.15) is 5.01 Å². The molecule has 0 amide bonds. The van der Waals surface area contributed by atoms with E-state index in [0.29, 0.717) is 24.2 Å². The quantitative estimate of drug-likeness (QED) is 0.479. The Morgan fingerprint density at radius 3 is 2.86 bits per heavy atom. The van der Waals surface area contributed by atoms with Gasteiger partial charge in [0.2, 0.25) is 5.13 Å². The van der Waals surface area contributed by atoms with E-state index in [1.165, 1.54) is 16.9 Å². The van der Waals surface area contributed by atoms with Crippen molar-refractivity contribution in [2.75, 3.05) is 25.6 Å². The number of hydrogen-bond donors (Lipinski definition) is 2. The number of halogens is 1. The molecule has 2 aromatic rings. The molecule has 0 radical (unpaired) electrons. The van der Waals surface area contributed by atoms with Crippen molar-refractivity contribution in [3.8, 4) is 10.6 Å². The van der Waals surface area contributed by atoms with Crippen LogP contribution < -0.4 is 11.1 Å². The molecule has 6 nitrogen and oxygen atoms in total. The molecule has 0 spiro atoms. The molecule has 1 heterocycles. The number of methoxy groups -OCH3 is 1. The van der Waals surface area contributed by atoms with Crippen molar-refractivity contribution in [1.82, 2.24) is 10.2 Å². The molecule has 0 aliphatic carbocycles. The van der Waals surface area contributed by atoms with Gasteiger partial charge in [-0.3, -0.25) is 4.99 Å². The van der Waals surface area contributed by atoms with Crippen molar-refractivity contribution in [2.45, 2.75) is 13.3 Å². The molecule has 1 aromatic carbocycles. The summed E-state index contributed by atoms with van der Waals surface area (Å²) in [6.07, 6.45) is 0.837. The van der Waals surface area contributed by atoms with E-state index in [1.54, 1.807) is 7.11 Å². The molecular formula is C14H20ClN5OS. The van der Waals surface area contributed by atoms with E-state index >= 15 is 0 Å². The van der Waals surface area contributed by atoms with E-state index in [2.05, 4.69) is 33.5 Å². The highest BCUT2D eigenvalue weighted by atomic mass is 35.5. The van der Waals surface area contributed by atoms with Gasteiger partial charge < -0.3 is 15.8 Å². The molecule has 0 unspecified atom stereocenters. The largest absolute Gasteiger partial charge is 0.385 e. The summed E-state index contributed by atoms with van der Waals surface area (Å²) in [4.78, 5) is 4.20. The Morgan fingerprint density at radius 2 is 2.14 bits per heavy atom. The maximum atomic E-state index is 5.80. The number of aromatic nitrogens is 2. The first-order valence-electron chi connectivity index (χ1n) is 6.66. The van der Waals surface area contributed by atoms with Gasteiger partial charge in [-0.25, -0.2) is 0 Å². The Balaban J connectivity index is 0.00000242. The minimum absolute atomic E-state index is 0. The standard InChI is InChI=1S/C14H19N5OS.ClH/c1-10-6-3-4-7-11(10)12-18-19-14(21-12)17-13(15)16-8-5-9-20-2;/h3-4,6-7H,5,8-9H2,1-2H3,(H3,15,16,17,19);1H. The zero-order chi connectivity index (χ0) is 15.1. The van der Waals surface area contributed by atoms with Gasteiger partial charge in [-0.15, -0.1) is 22.6 Å². The van der Waals surface area contributed by atoms with Crippen LogP contribution in [0.4, 0.5) is 5.13 Å². The van der Waals surface area contributed by atoms with E-state index in [4.69, 9.17) is 10.5 Å². The van der Waals surface area contributed by atoms with Crippen LogP contribution >= 0.6 is 23.7 Å². The molecule has 0 bridgehead atoms. The summed E-state index contributed by atoms with van der Waals surface area (Å²) in [5, 5.41) is 12.7. The summed E-state index contributed by atoms with van der Waals surface area (Å²) < 4.78 is 4.95. The van der Waals surface area contributed by atoms with Crippen LogP contribution in [0.2, 0.25) is 0 Å². The molecule has 120 valence electrons. The minimum Gasteiger partial charge on any atom is -0.385 e. The zero-order valence-electron chi connectivity index (χ0n) is 12.6. The number of nitrogens with two attached hydrogens (primary N) is 1. The second-order valence-electron chi connectivity index (χ2n) is 4.47. The number of nitrogens with one attached hydrogen (secondary N) is 1.